The van der Waals surface area contributed by atoms with Crippen LogP contribution in [0.25, 0.3) is 0 Å². The van der Waals surface area contributed by atoms with Gasteiger partial charge in [0.25, 0.3) is 5.56 Å². The van der Waals surface area contributed by atoms with Crippen LogP contribution < -0.4 is 36.3 Å². The zero-order valence-corrected chi connectivity index (χ0v) is 22.5. The highest BCUT2D eigenvalue weighted by Crippen LogP contribution is 2.36. The molecule has 0 spiro atoms. The topological polar surface area (TPSA) is 140 Å². The van der Waals surface area contributed by atoms with E-state index in [1.54, 1.807) is 18.2 Å². The average Bonchev–Trinajstić information content (AvgIpc) is 3.31. The number of aromatic nitrogens is 2. The van der Waals surface area contributed by atoms with Crippen molar-refractivity contribution >= 4 is 29.0 Å². The zero-order valence-electron chi connectivity index (χ0n) is 22.5. The number of amides is 2. The van der Waals surface area contributed by atoms with Gasteiger partial charge >= 0.3 is 5.69 Å². The van der Waals surface area contributed by atoms with E-state index in [-0.39, 0.29) is 49.4 Å². The summed E-state index contributed by atoms with van der Waals surface area (Å²) in [5.41, 5.74) is 6.19. The Labute approximate surface area is 225 Å². The van der Waals surface area contributed by atoms with Crippen LogP contribution in [0.4, 0.5) is 17.2 Å². The minimum Gasteiger partial charge on any atom is -0.497 e. The summed E-state index contributed by atoms with van der Waals surface area (Å²) in [7, 11) is 3.02. The number of nitrogens with two attached hydrogens (primary N) is 1. The molecule has 1 atom stereocenters. The third-order valence-electron chi connectivity index (χ3n) is 6.63. The van der Waals surface area contributed by atoms with Gasteiger partial charge in [-0.1, -0.05) is 44.2 Å². The number of methoxy groups -OCH3 is 2. The molecule has 1 aromatic heterocycles. The van der Waals surface area contributed by atoms with Crippen molar-refractivity contribution in [2.45, 2.75) is 26.8 Å². The third-order valence-corrected chi connectivity index (χ3v) is 6.63. The van der Waals surface area contributed by atoms with Gasteiger partial charge in [-0.15, -0.1) is 0 Å². The lowest BCUT2D eigenvalue weighted by Gasteiger charge is -2.28. The number of nitrogens with one attached hydrogen (secondary N) is 1. The number of nitrogen functional groups attached to an aromatic ring is 1. The number of hydrogen-bond acceptors (Lipinski definition) is 7. The molecule has 2 heterocycles. The van der Waals surface area contributed by atoms with Crippen molar-refractivity contribution in [3.8, 4) is 11.5 Å². The van der Waals surface area contributed by atoms with Crippen LogP contribution >= 0.6 is 0 Å². The molecular weight excluding hydrogens is 502 g/mol. The Balaban J connectivity index is 1.69. The highest BCUT2D eigenvalue weighted by atomic mass is 16.5. The summed E-state index contributed by atoms with van der Waals surface area (Å²) in [5.74, 6) is -0.554. The molecule has 3 N–H and O–H groups in total. The summed E-state index contributed by atoms with van der Waals surface area (Å²) in [4.78, 5) is 57.8. The maximum Gasteiger partial charge on any atom is 0.330 e. The first-order valence-electron chi connectivity index (χ1n) is 12.6. The predicted octanol–water partition coefficient (Wildman–Crippen LogP) is 2.23. The van der Waals surface area contributed by atoms with E-state index < -0.39 is 23.1 Å². The van der Waals surface area contributed by atoms with Gasteiger partial charge in [-0.05, 0) is 23.6 Å². The van der Waals surface area contributed by atoms with Crippen LogP contribution in [-0.2, 0) is 16.1 Å². The number of carbonyl (C=O) groups excluding carboxylic acids is 2. The Morgan fingerprint density at radius 2 is 1.82 bits per heavy atom. The van der Waals surface area contributed by atoms with Crippen LogP contribution in [0.1, 0.15) is 25.8 Å². The molecule has 4 rings (SSSR count). The Bertz CT molecular complexity index is 1480. The van der Waals surface area contributed by atoms with Crippen molar-refractivity contribution in [1.82, 2.24) is 9.55 Å². The van der Waals surface area contributed by atoms with Crippen molar-refractivity contribution in [3.05, 3.63) is 74.9 Å². The molecule has 0 radical (unpaired) electrons. The molecule has 1 aliphatic heterocycles. The summed E-state index contributed by atoms with van der Waals surface area (Å²) in [6.07, 6.45) is -0.0515. The second-order valence-electron chi connectivity index (χ2n) is 9.85. The number of anilines is 3. The van der Waals surface area contributed by atoms with Crippen LogP contribution in [0, 0.1) is 11.8 Å². The number of ether oxygens (including phenoxy) is 2. The van der Waals surface area contributed by atoms with Gasteiger partial charge in [0.15, 0.2) is 5.69 Å². The number of rotatable bonds is 9. The van der Waals surface area contributed by atoms with Crippen LogP contribution in [-0.4, -0.2) is 48.7 Å². The lowest BCUT2D eigenvalue weighted by molar-refractivity contribution is -0.124. The Morgan fingerprint density at radius 1 is 1.10 bits per heavy atom. The van der Waals surface area contributed by atoms with E-state index in [0.29, 0.717) is 17.2 Å². The maximum atomic E-state index is 13.9. The minimum absolute atomic E-state index is 0.0304. The van der Waals surface area contributed by atoms with Gasteiger partial charge in [0.05, 0.1) is 32.4 Å². The molecule has 2 amide bonds. The van der Waals surface area contributed by atoms with Gasteiger partial charge in [0, 0.05) is 25.6 Å². The largest absolute Gasteiger partial charge is 0.497 e. The van der Waals surface area contributed by atoms with Gasteiger partial charge in [-0.25, -0.2) is 4.79 Å². The fourth-order valence-corrected chi connectivity index (χ4v) is 4.75. The van der Waals surface area contributed by atoms with Gasteiger partial charge in [0.1, 0.15) is 17.3 Å². The number of carbonyl (C=O) groups is 2. The minimum atomic E-state index is -0.756. The molecular formula is C28H33N5O6. The second kappa shape index (κ2) is 11.5. The number of H-pyrrole nitrogens is 1. The van der Waals surface area contributed by atoms with Crippen molar-refractivity contribution < 1.29 is 19.1 Å². The molecule has 39 heavy (non-hydrogen) atoms. The van der Waals surface area contributed by atoms with E-state index in [1.807, 2.05) is 44.2 Å². The van der Waals surface area contributed by atoms with Crippen LogP contribution in [0.3, 0.4) is 0 Å². The van der Waals surface area contributed by atoms with E-state index in [9.17, 15) is 19.2 Å². The molecule has 3 aromatic rings. The normalized spacial score (nSPS) is 15.1. The first-order valence-corrected chi connectivity index (χ1v) is 12.6. The second-order valence-corrected chi connectivity index (χ2v) is 9.85. The molecule has 0 saturated carbocycles. The molecule has 11 nitrogen and oxygen atoms in total. The van der Waals surface area contributed by atoms with Crippen molar-refractivity contribution in [1.29, 1.82) is 0 Å². The number of benzene rings is 2. The molecule has 0 bridgehead atoms. The first-order chi connectivity index (χ1) is 18.6. The average molecular weight is 536 g/mol. The van der Waals surface area contributed by atoms with E-state index in [4.69, 9.17) is 15.2 Å². The van der Waals surface area contributed by atoms with Gasteiger partial charge in [-0.3, -0.25) is 23.9 Å². The standard InChI is InChI=1S/C28H33N5O6/c1-17(2)14-32(24-25(29)33(28(37)30-26(24)35)15-18-8-6-5-7-9-18)27(36)19-12-23(34)31(16-19)21-11-10-20(38-3)13-22(21)39-4/h5-11,13,17,19H,12,14-16,29H2,1-4H3,(H,30,35,37). The van der Waals surface area contributed by atoms with Gasteiger partial charge < -0.3 is 25.0 Å². The van der Waals surface area contributed by atoms with Crippen LogP contribution in [0.15, 0.2) is 58.1 Å². The molecule has 1 unspecified atom stereocenters. The van der Waals surface area contributed by atoms with E-state index >= 15 is 0 Å². The van der Waals surface area contributed by atoms with Crippen molar-refractivity contribution in [2.75, 3.05) is 42.8 Å². The monoisotopic (exact) mass is 535 g/mol. The quantitative estimate of drug-likeness (QED) is 0.428. The molecule has 1 fully saturated rings. The van der Waals surface area contributed by atoms with Gasteiger partial charge in [-0.2, -0.15) is 0 Å². The maximum absolute atomic E-state index is 13.9. The molecule has 206 valence electrons. The summed E-state index contributed by atoms with van der Waals surface area (Å²) >= 11 is 0. The molecule has 0 aliphatic carbocycles. The molecule has 2 aromatic carbocycles. The summed E-state index contributed by atoms with van der Waals surface area (Å²) in [5, 5.41) is 0. The molecule has 11 heteroatoms. The molecule has 1 aliphatic rings. The van der Waals surface area contributed by atoms with Crippen LogP contribution in [0.2, 0.25) is 0 Å². The Hall–Kier alpha value is -4.54. The van der Waals surface area contributed by atoms with E-state index in [2.05, 4.69) is 4.98 Å². The fraction of sp³-hybridized carbons (Fsp3) is 0.357. The number of aromatic amines is 1. The third kappa shape index (κ3) is 5.66. The van der Waals surface area contributed by atoms with Crippen molar-refractivity contribution in [3.63, 3.8) is 0 Å². The lowest BCUT2D eigenvalue weighted by atomic mass is 10.1. The van der Waals surface area contributed by atoms with Gasteiger partial charge in [0.2, 0.25) is 11.8 Å². The Kier molecular flexibility index (Phi) is 8.08. The SMILES string of the molecule is COc1ccc(N2CC(C(=O)N(CC(C)C)c3c(N)n(Cc4ccccc4)c(=O)[nH]c3=O)CC2=O)c(OC)c1. The Morgan fingerprint density at radius 3 is 2.46 bits per heavy atom. The van der Waals surface area contributed by atoms with Crippen molar-refractivity contribution in [2.24, 2.45) is 11.8 Å². The highest BCUT2D eigenvalue weighted by Gasteiger charge is 2.40. The fourth-order valence-electron chi connectivity index (χ4n) is 4.75. The zero-order chi connectivity index (χ0) is 28.3. The number of hydrogen-bond donors (Lipinski definition) is 2. The number of nitrogens with zero attached hydrogens (tertiary/aromatic N) is 3. The van der Waals surface area contributed by atoms with E-state index in [1.165, 1.54) is 28.6 Å². The summed E-state index contributed by atoms with van der Waals surface area (Å²) in [6, 6.07) is 14.3. The van der Waals surface area contributed by atoms with E-state index in [0.717, 1.165) is 5.56 Å². The lowest BCUT2D eigenvalue weighted by Crippen LogP contribution is -2.45. The highest BCUT2D eigenvalue weighted by molar-refractivity contribution is 6.05. The summed E-state index contributed by atoms with van der Waals surface area (Å²) in [6.45, 7) is 4.19. The summed E-state index contributed by atoms with van der Waals surface area (Å²) < 4.78 is 11.9. The van der Waals surface area contributed by atoms with Crippen LogP contribution in [0.5, 0.6) is 11.5 Å². The predicted molar refractivity (Wildman–Crippen MR) is 148 cm³/mol. The first kappa shape index (κ1) is 27.5. The molecule has 1 saturated heterocycles. The smallest absolute Gasteiger partial charge is 0.330 e.